The van der Waals surface area contributed by atoms with Crippen LogP contribution in [0.25, 0.3) is 10.2 Å². The zero-order valence-corrected chi connectivity index (χ0v) is 14.4. The molecule has 1 fully saturated rings. The van der Waals surface area contributed by atoms with E-state index >= 15 is 0 Å². The van der Waals surface area contributed by atoms with Crippen molar-refractivity contribution in [3.8, 4) is 0 Å². The second kappa shape index (κ2) is 7.12. The highest BCUT2D eigenvalue weighted by atomic mass is 32.1. The Bertz CT molecular complexity index is 827. The van der Waals surface area contributed by atoms with Crippen LogP contribution in [0, 0.1) is 0 Å². The van der Waals surface area contributed by atoms with Crippen molar-refractivity contribution in [2.24, 2.45) is 0 Å². The molecular weight excluding hydrogens is 336 g/mol. The van der Waals surface area contributed by atoms with Crippen LogP contribution in [0.3, 0.4) is 0 Å². The Morgan fingerprint density at radius 3 is 2.60 bits per heavy atom. The lowest BCUT2D eigenvalue weighted by atomic mass is 10.3. The quantitative estimate of drug-likeness (QED) is 0.771. The molecule has 0 spiro atoms. The third kappa shape index (κ3) is 3.75. The third-order valence-electron chi connectivity index (χ3n) is 4.11. The fraction of sp³-hybridized carbons (Fsp3) is 0.294. The lowest BCUT2D eigenvalue weighted by molar-refractivity contribution is -0.117. The van der Waals surface area contributed by atoms with Gasteiger partial charge in [-0.1, -0.05) is 23.5 Å². The maximum absolute atomic E-state index is 12.3. The van der Waals surface area contributed by atoms with Crippen LogP contribution in [-0.2, 0) is 4.79 Å². The van der Waals surface area contributed by atoms with Gasteiger partial charge in [-0.05, 0) is 18.2 Å². The lowest BCUT2D eigenvalue weighted by Crippen LogP contribution is -2.49. The van der Waals surface area contributed by atoms with Gasteiger partial charge >= 0.3 is 0 Å². The van der Waals surface area contributed by atoms with Crippen molar-refractivity contribution < 1.29 is 4.79 Å². The summed E-state index contributed by atoms with van der Waals surface area (Å²) in [6.45, 7) is 3.63. The summed E-state index contributed by atoms with van der Waals surface area (Å²) in [6.07, 6.45) is 3.50. The number of fused-ring (bicyclic) bond motifs is 1. The highest BCUT2D eigenvalue weighted by molar-refractivity contribution is 7.22. The molecule has 0 atom stereocenters. The molecule has 128 valence electrons. The van der Waals surface area contributed by atoms with Gasteiger partial charge in [0.1, 0.15) is 0 Å². The Morgan fingerprint density at radius 1 is 1.08 bits per heavy atom. The Hall–Kier alpha value is -2.58. The van der Waals surface area contributed by atoms with E-state index < -0.39 is 0 Å². The van der Waals surface area contributed by atoms with Crippen molar-refractivity contribution >= 4 is 38.5 Å². The minimum absolute atomic E-state index is 0.0246. The zero-order valence-electron chi connectivity index (χ0n) is 13.6. The molecule has 8 heteroatoms. The minimum Gasteiger partial charge on any atom is -0.338 e. The van der Waals surface area contributed by atoms with E-state index in [0.29, 0.717) is 11.7 Å². The number of benzene rings is 1. The fourth-order valence-corrected chi connectivity index (χ4v) is 3.73. The second-order valence-corrected chi connectivity index (χ2v) is 6.88. The highest BCUT2D eigenvalue weighted by Crippen LogP contribution is 2.25. The van der Waals surface area contributed by atoms with E-state index in [1.54, 1.807) is 12.4 Å². The first-order valence-corrected chi connectivity index (χ1v) is 8.99. The molecule has 1 aliphatic heterocycles. The minimum atomic E-state index is -0.0246. The SMILES string of the molecule is O=C(CN1CCN(c2ncccn2)CC1)Nc1nc2ccccc2s1. The number of hydrogen-bond donors (Lipinski definition) is 1. The molecule has 25 heavy (non-hydrogen) atoms. The van der Waals surface area contributed by atoms with E-state index in [2.05, 4.69) is 30.1 Å². The Morgan fingerprint density at radius 2 is 1.84 bits per heavy atom. The molecule has 3 aromatic rings. The number of carbonyl (C=O) groups is 1. The molecule has 0 unspecified atom stereocenters. The third-order valence-corrected chi connectivity index (χ3v) is 5.07. The van der Waals surface area contributed by atoms with Gasteiger partial charge in [-0.25, -0.2) is 15.0 Å². The van der Waals surface area contributed by atoms with Crippen molar-refractivity contribution in [2.45, 2.75) is 0 Å². The average Bonchev–Trinajstić information content (AvgIpc) is 3.05. The van der Waals surface area contributed by atoms with Crippen LogP contribution in [0.2, 0.25) is 0 Å². The van der Waals surface area contributed by atoms with E-state index in [1.807, 2.05) is 30.3 Å². The van der Waals surface area contributed by atoms with Gasteiger partial charge in [-0.3, -0.25) is 9.69 Å². The molecule has 1 N–H and O–H groups in total. The van der Waals surface area contributed by atoms with Gasteiger partial charge in [0.2, 0.25) is 11.9 Å². The number of carbonyl (C=O) groups excluding carboxylic acids is 1. The topological polar surface area (TPSA) is 74.2 Å². The van der Waals surface area contributed by atoms with E-state index in [4.69, 9.17) is 0 Å². The molecule has 1 aromatic carbocycles. The number of thiazole rings is 1. The van der Waals surface area contributed by atoms with Gasteiger partial charge in [0.05, 0.1) is 16.8 Å². The number of amides is 1. The number of nitrogens with zero attached hydrogens (tertiary/aromatic N) is 5. The van der Waals surface area contributed by atoms with Gasteiger partial charge in [-0.15, -0.1) is 0 Å². The molecule has 0 bridgehead atoms. The van der Waals surface area contributed by atoms with Crippen molar-refractivity contribution in [1.29, 1.82) is 0 Å². The maximum Gasteiger partial charge on any atom is 0.240 e. The first-order chi connectivity index (χ1) is 12.3. The Balaban J connectivity index is 1.30. The maximum atomic E-state index is 12.3. The molecule has 1 saturated heterocycles. The summed E-state index contributed by atoms with van der Waals surface area (Å²) in [5, 5.41) is 3.57. The Kier molecular flexibility index (Phi) is 4.53. The van der Waals surface area contributed by atoms with E-state index in [0.717, 1.165) is 42.3 Å². The first-order valence-electron chi connectivity index (χ1n) is 8.18. The lowest BCUT2D eigenvalue weighted by Gasteiger charge is -2.34. The molecule has 1 amide bonds. The number of anilines is 2. The van der Waals surface area contributed by atoms with Crippen LogP contribution in [0.4, 0.5) is 11.1 Å². The van der Waals surface area contributed by atoms with Gasteiger partial charge in [-0.2, -0.15) is 0 Å². The average molecular weight is 354 g/mol. The molecule has 1 aliphatic rings. The van der Waals surface area contributed by atoms with E-state index in [1.165, 1.54) is 11.3 Å². The number of aromatic nitrogens is 3. The first kappa shape index (κ1) is 15.9. The molecule has 0 saturated carbocycles. The Labute approximate surface area is 149 Å². The molecular formula is C17H18N6OS. The number of nitrogens with one attached hydrogen (secondary N) is 1. The van der Waals surface area contributed by atoms with Crippen LogP contribution in [0.5, 0.6) is 0 Å². The highest BCUT2D eigenvalue weighted by Gasteiger charge is 2.20. The van der Waals surface area contributed by atoms with Crippen molar-refractivity contribution in [3.05, 3.63) is 42.7 Å². The molecule has 7 nitrogen and oxygen atoms in total. The van der Waals surface area contributed by atoms with Gasteiger partial charge < -0.3 is 10.2 Å². The van der Waals surface area contributed by atoms with Gasteiger partial charge in [0.25, 0.3) is 0 Å². The normalized spacial score (nSPS) is 15.4. The summed E-state index contributed by atoms with van der Waals surface area (Å²) in [7, 11) is 0. The molecule has 2 aromatic heterocycles. The molecule has 3 heterocycles. The summed E-state index contributed by atoms with van der Waals surface area (Å²) >= 11 is 1.50. The summed E-state index contributed by atoms with van der Waals surface area (Å²) in [5.74, 6) is 0.726. The van der Waals surface area contributed by atoms with Gasteiger partial charge in [0, 0.05) is 38.6 Å². The zero-order chi connectivity index (χ0) is 17.1. The van der Waals surface area contributed by atoms with E-state index in [-0.39, 0.29) is 5.91 Å². The fourth-order valence-electron chi connectivity index (χ4n) is 2.85. The van der Waals surface area contributed by atoms with Crippen LogP contribution in [0.1, 0.15) is 0 Å². The summed E-state index contributed by atoms with van der Waals surface area (Å²) in [4.78, 5) is 29.6. The van der Waals surface area contributed by atoms with Crippen LogP contribution in [-0.4, -0.2) is 58.5 Å². The predicted octanol–water partition coefficient (Wildman–Crippen LogP) is 1.85. The smallest absolute Gasteiger partial charge is 0.240 e. The molecule has 4 rings (SSSR count). The monoisotopic (exact) mass is 354 g/mol. The number of piperazine rings is 1. The molecule has 0 radical (unpaired) electrons. The predicted molar refractivity (Wildman–Crippen MR) is 98.9 cm³/mol. The largest absolute Gasteiger partial charge is 0.338 e. The van der Waals surface area contributed by atoms with Crippen molar-refractivity contribution in [2.75, 3.05) is 42.9 Å². The standard InChI is InChI=1S/C17H18N6OS/c24-15(21-17-20-13-4-1-2-5-14(13)25-17)12-22-8-10-23(11-9-22)16-18-6-3-7-19-16/h1-7H,8-12H2,(H,20,21,24). The second-order valence-electron chi connectivity index (χ2n) is 5.85. The van der Waals surface area contributed by atoms with Crippen molar-refractivity contribution in [3.63, 3.8) is 0 Å². The number of para-hydroxylation sites is 1. The van der Waals surface area contributed by atoms with Gasteiger partial charge in [0.15, 0.2) is 5.13 Å². The van der Waals surface area contributed by atoms with E-state index in [9.17, 15) is 4.79 Å². The van der Waals surface area contributed by atoms with Crippen molar-refractivity contribution in [1.82, 2.24) is 19.9 Å². The summed E-state index contributed by atoms with van der Waals surface area (Å²) in [6, 6.07) is 9.69. The summed E-state index contributed by atoms with van der Waals surface area (Å²) < 4.78 is 1.08. The van der Waals surface area contributed by atoms with Crippen LogP contribution < -0.4 is 10.2 Å². The summed E-state index contributed by atoms with van der Waals surface area (Å²) in [5.41, 5.74) is 0.916. The number of rotatable bonds is 4. The van der Waals surface area contributed by atoms with Crippen LogP contribution in [0.15, 0.2) is 42.7 Å². The number of hydrogen-bond acceptors (Lipinski definition) is 7. The molecule has 0 aliphatic carbocycles. The van der Waals surface area contributed by atoms with Crippen LogP contribution >= 0.6 is 11.3 Å².